The molecule has 1 aromatic carbocycles. The molecule has 0 atom stereocenters. The number of hydrogen-bond donors (Lipinski definition) is 1. The lowest BCUT2D eigenvalue weighted by molar-refractivity contribution is -0.136. The highest BCUT2D eigenvalue weighted by Crippen LogP contribution is 2.16. The summed E-state index contributed by atoms with van der Waals surface area (Å²) < 4.78 is 5.18. The molecule has 0 aliphatic rings. The lowest BCUT2D eigenvalue weighted by Crippen LogP contribution is -1.99. The quantitative estimate of drug-likeness (QED) is 0.816. The highest BCUT2D eigenvalue weighted by atomic mass is 16.4. The summed E-state index contributed by atoms with van der Waals surface area (Å²) in [5.41, 5.74) is 0.779. The predicted octanol–water partition coefficient (Wildman–Crippen LogP) is 1.36. The molecule has 5 heteroatoms. The number of carbonyl (C=O) groups is 1. The Balaban J connectivity index is 2.24. The normalized spacial score (nSPS) is 10.1. The predicted molar refractivity (Wildman–Crippen MR) is 51.1 cm³/mol. The number of carboxylic acid groups (broad SMARTS) is 1. The van der Waals surface area contributed by atoms with Crippen LogP contribution in [0.25, 0.3) is 11.5 Å². The number of aromatic nitrogens is 2. The van der Waals surface area contributed by atoms with Crippen LogP contribution in [-0.4, -0.2) is 21.3 Å². The van der Waals surface area contributed by atoms with E-state index in [0.29, 0.717) is 5.89 Å². The Morgan fingerprint density at radius 1 is 1.27 bits per heavy atom. The third-order valence-corrected chi connectivity index (χ3v) is 1.79. The molecule has 0 saturated carbocycles. The summed E-state index contributed by atoms with van der Waals surface area (Å²) in [5, 5.41) is 15.9. The van der Waals surface area contributed by atoms with E-state index in [2.05, 4.69) is 10.2 Å². The standard InChI is InChI=1S/C10H8N2O3/c13-9(14)6-8-11-12-10(15-8)7-4-2-1-3-5-7/h1-5H,6H2,(H,13,14). The van der Waals surface area contributed by atoms with E-state index in [1.165, 1.54) is 0 Å². The molecule has 0 unspecified atom stereocenters. The minimum absolute atomic E-state index is 0.112. The van der Waals surface area contributed by atoms with Gasteiger partial charge in [-0.15, -0.1) is 10.2 Å². The summed E-state index contributed by atoms with van der Waals surface area (Å²) in [6, 6.07) is 9.20. The Morgan fingerprint density at radius 3 is 2.67 bits per heavy atom. The summed E-state index contributed by atoms with van der Waals surface area (Å²) in [4.78, 5) is 10.4. The third kappa shape index (κ3) is 2.19. The van der Waals surface area contributed by atoms with Crippen LogP contribution in [0.2, 0.25) is 0 Å². The number of hydrogen-bond acceptors (Lipinski definition) is 4. The number of carboxylic acids is 1. The summed E-state index contributed by atoms with van der Waals surface area (Å²) in [5.74, 6) is -0.536. The zero-order valence-corrected chi connectivity index (χ0v) is 7.75. The largest absolute Gasteiger partial charge is 0.481 e. The zero-order valence-electron chi connectivity index (χ0n) is 7.75. The smallest absolute Gasteiger partial charge is 0.312 e. The van der Waals surface area contributed by atoms with E-state index in [1.807, 2.05) is 30.3 Å². The molecule has 2 aromatic rings. The van der Waals surface area contributed by atoms with Crippen molar-refractivity contribution in [2.75, 3.05) is 0 Å². The molecule has 76 valence electrons. The van der Waals surface area contributed by atoms with Gasteiger partial charge in [0.15, 0.2) is 0 Å². The van der Waals surface area contributed by atoms with Crippen LogP contribution in [0.3, 0.4) is 0 Å². The fourth-order valence-electron chi connectivity index (χ4n) is 1.15. The van der Waals surface area contributed by atoms with Gasteiger partial charge in [-0.1, -0.05) is 18.2 Å². The van der Waals surface area contributed by atoms with Gasteiger partial charge in [0, 0.05) is 5.56 Å². The van der Waals surface area contributed by atoms with Crippen LogP contribution in [0.5, 0.6) is 0 Å². The minimum Gasteiger partial charge on any atom is -0.481 e. The fraction of sp³-hybridized carbons (Fsp3) is 0.100. The van der Waals surface area contributed by atoms with Crippen LogP contribution < -0.4 is 0 Å². The Morgan fingerprint density at radius 2 is 2.00 bits per heavy atom. The molecule has 0 radical (unpaired) electrons. The van der Waals surface area contributed by atoms with E-state index in [4.69, 9.17) is 9.52 Å². The summed E-state index contributed by atoms with van der Waals surface area (Å²) >= 11 is 0. The Labute approximate surface area is 85.4 Å². The van der Waals surface area contributed by atoms with E-state index in [1.54, 1.807) is 0 Å². The third-order valence-electron chi connectivity index (χ3n) is 1.79. The van der Waals surface area contributed by atoms with Gasteiger partial charge in [-0.05, 0) is 12.1 Å². The maximum absolute atomic E-state index is 10.4. The zero-order chi connectivity index (χ0) is 10.7. The van der Waals surface area contributed by atoms with E-state index in [9.17, 15) is 4.79 Å². The molecule has 1 heterocycles. The van der Waals surface area contributed by atoms with Crippen molar-refractivity contribution in [3.8, 4) is 11.5 Å². The molecule has 0 aliphatic heterocycles. The van der Waals surface area contributed by atoms with Crippen molar-refractivity contribution in [1.29, 1.82) is 0 Å². The first-order valence-electron chi connectivity index (χ1n) is 4.35. The van der Waals surface area contributed by atoms with Crippen molar-refractivity contribution in [1.82, 2.24) is 10.2 Å². The van der Waals surface area contributed by atoms with Gasteiger partial charge in [0.05, 0.1) is 0 Å². The molecule has 5 nitrogen and oxygen atoms in total. The van der Waals surface area contributed by atoms with Gasteiger partial charge in [-0.3, -0.25) is 4.79 Å². The molecule has 0 amide bonds. The highest BCUT2D eigenvalue weighted by molar-refractivity contribution is 5.68. The Kier molecular flexibility index (Phi) is 2.45. The lowest BCUT2D eigenvalue weighted by Gasteiger charge is -1.91. The first-order valence-corrected chi connectivity index (χ1v) is 4.35. The van der Waals surface area contributed by atoms with E-state index < -0.39 is 5.97 Å². The van der Waals surface area contributed by atoms with Crippen molar-refractivity contribution < 1.29 is 14.3 Å². The van der Waals surface area contributed by atoms with Gasteiger partial charge >= 0.3 is 5.97 Å². The van der Waals surface area contributed by atoms with Gasteiger partial charge in [0.2, 0.25) is 11.8 Å². The number of nitrogens with zero attached hydrogens (tertiary/aromatic N) is 2. The molecule has 0 spiro atoms. The van der Waals surface area contributed by atoms with Gasteiger partial charge in [0.1, 0.15) is 6.42 Å². The molecule has 15 heavy (non-hydrogen) atoms. The van der Waals surface area contributed by atoms with Gasteiger partial charge in [-0.25, -0.2) is 0 Å². The number of rotatable bonds is 3. The van der Waals surface area contributed by atoms with Crippen LogP contribution >= 0.6 is 0 Å². The average molecular weight is 204 g/mol. The first-order chi connectivity index (χ1) is 7.25. The minimum atomic E-state index is -0.988. The maximum Gasteiger partial charge on any atom is 0.312 e. The van der Waals surface area contributed by atoms with Gasteiger partial charge in [0.25, 0.3) is 0 Å². The van der Waals surface area contributed by atoms with Gasteiger partial charge in [-0.2, -0.15) is 0 Å². The molecule has 0 saturated heterocycles. The number of aliphatic carboxylic acids is 1. The molecule has 1 aromatic heterocycles. The van der Waals surface area contributed by atoms with E-state index >= 15 is 0 Å². The van der Waals surface area contributed by atoms with Crippen molar-refractivity contribution >= 4 is 5.97 Å². The molecule has 1 N–H and O–H groups in total. The molecule has 0 bridgehead atoms. The van der Waals surface area contributed by atoms with Gasteiger partial charge < -0.3 is 9.52 Å². The molecule has 2 rings (SSSR count). The van der Waals surface area contributed by atoms with Crippen molar-refractivity contribution in [3.63, 3.8) is 0 Å². The van der Waals surface area contributed by atoms with Crippen molar-refractivity contribution in [3.05, 3.63) is 36.2 Å². The second kappa shape index (κ2) is 3.91. The summed E-state index contributed by atoms with van der Waals surface area (Å²) in [6.07, 6.45) is -0.250. The van der Waals surface area contributed by atoms with Crippen LogP contribution in [0.15, 0.2) is 34.7 Å². The van der Waals surface area contributed by atoms with Crippen LogP contribution in [-0.2, 0) is 11.2 Å². The molecule has 0 fully saturated rings. The fourth-order valence-corrected chi connectivity index (χ4v) is 1.15. The van der Waals surface area contributed by atoms with Crippen molar-refractivity contribution in [2.45, 2.75) is 6.42 Å². The molecular formula is C10H8N2O3. The van der Waals surface area contributed by atoms with E-state index in [0.717, 1.165) is 5.56 Å². The Bertz CT molecular complexity index is 465. The summed E-state index contributed by atoms with van der Waals surface area (Å²) in [6.45, 7) is 0. The first kappa shape index (κ1) is 9.39. The molecule has 0 aliphatic carbocycles. The topological polar surface area (TPSA) is 76.2 Å². The van der Waals surface area contributed by atoms with E-state index in [-0.39, 0.29) is 12.3 Å². The SMILES string of the molecule is O=C(O)Cc1nnc(-c2ccccc2)o1. The highest BCUT2D eigenvalue weighted by Gasteiger charge is 2.10. The van der Waals surface area contributed by atoms with Crippen LogP contribution in [0, 0.1) is 0 Å². The average Bonchev–Trinajstić information content (AvgIpc) is 2.67. The monoisotopic (exact) mass is 204 g/mol. The molecular weight excluding hydrogens is 196 g/mol. The maximum atomic E-state index is 10.4. The second-order valence-electron chi connectivity index (χ2n) is 2.94. The van der Waals surface area contributed by atoms with Crippen LogP contribution in [0.1, 0.15) is 5.89 Å². The summed E-state index contributed by atoms with van der Waals surface area (Å²) in [7, 11) is 0. The Hall–Kier alpha value is -2.17. The van der Waals surface area contributed by atoms with Crippen molar-refractivity contribution in [2.24, 2.45) is 0 Å². The van der Waals surface area contributed by atoms with Crippen LogP contribution in [0.4, 0.5) is 0 Å². The second-order valence-corrected chi connectivity index (χ2v) is 2.94. The lowest BCUT2D eigenvalue weighted by atomic mass is 10.2. The number of benzene rings is 1.